The van der Waals surface area contributed by atoms with Crippen molar-refractivity contribution in [3.63, 3.8) is 0 Å². The second-order valence-corrected chi connectivity index (χ2v) is 11.0. The van der Waals surface area contributed by atoms with Crippen molar-refractivity contribution in [1.29, 1.82) is 0 Å². The Hall–Kier alpha value is -5.30. The first-order valence-electron chi connectivity index (χ1n) is 15.8. The predicted octanol–water partition coefficient (Wildman–Crippen LogP) is 7.30. The number of H-pyrrole nitrogens is 1. The normalized spacial score (nSPS) is 9.90. The van der Waals surface area contributed by atoms with Crippen LogP contribution in [-0.2, 0) is 28.2 Å². The van der Waals surface area contributed by atoms with Gasteiger partial charge in [-0.3, -0.25) is 48.6 Å². The molecule has 0 aliphatic carbocycles. The minimum Gasteiger partial charge on any atom is -0.294 e. The maximum Gasteiger partial charge on any atom is 0.266 e. The van der Waals surface area contributed by atoms with Crippen LogP contribution < -0.4 is 5.56 Å². The molecule has 0 bridgehead atoms. The Morgan fingerprint density at radius 3 is 1.25 bits per heavy atom. The van der Waals surface area contributed by atoms with Crippen molar-refractivity contribution in [2.24, 2.45) is 28.2 Å². The van der Waals surface area contributed by atoms with Crippen molar-refractivity contribution in [1.82, 2.24) is 59.1 Å². The summed E-state index contributed by atoms with van der Waals surface area (Å²) in [6, 6.07) is 30.4. The minimum atomic E-state index is -0.0550. The molecule has 0 atom stereocenters. The molecule has 0 aliphatic rings. The molecule has 0 aliphatic heterocycles. The summed E-state index contributed by atoms with van der Waals surface area (Å²) in [5.41, 5.74) is 8.12. The van der Waals surface area contributed by atoms with Crippen molar-refractivity contribution >= 4 is 37.2 Å². The lowest BCUT2D eigenvalue weighted by Crippen LogP contribution is -2.09. The third-order valence-corrected chi connectivity index (χ3v) is 7.15. The van der Waals surface area contributed by atoms with Gasteiger partial charge in [0, 0.05) is 114 Å². The highest BCUT2D eigenvalue weighted by atomic mass is 128. The van der Waals surface area contributed by atoms with Crippen LogP contribution in [0.1, 0.15) is 5.69 Å². The molecule has 0 unspecified atom stereocenters. The molecule has 0 spiro atoms. The summed E-state index contributed by atoms with van der Waals surface area (Å²) in [7, 11) is 7.40. The zero-order valence-electron chi connectivity index (χ0n) is 29.3. The van der Waals surface area contributed by atoms with Crippen LogP contribution in [0.2, 0.25) is 0 Å². The number of aromatic amines is 1. The number of aromatic nitrogens is 12. The van der Waals surface area contributed by atoms with Crippen molar-refractivity contribution in [3.05, 3.63) is 150 Å². The molecule has 13 nitrogen and oxygen atoms in total. The highest BCUT2D eigenvalue weighted by Crippen LogP contribution is 2.15. The van der Waals surface area contributed by atoms with Crippen LogP contribution in [0.25, 0.3) is 45.6 Å². The van der Waals surface area contributed by atoms with Gasteiger partial charge in [-0.1, -0.05) is 24.3 Å². The van der Waals surface area contributed by atoms with Crippen LogP contribution in [0.5, 0.6) is 0 Å². The standard InChI is InChI=1S/C10H11N3.C9H9N3O.2C9H9N3.I2/c1-8-7-10(12-13(8)2)9-5-3-4-6-11-9;1-12-9(13)6-8(11-12)7-4-2-3-5-10-7;2*1-12-7-5-9(11-12)8-4-2-3-6-10-8;1-2/h3-7H,1-2H3;2-6,11H,1H3;2*2-7H,1H3;. The molecular formula is C37H38I2N12O. The van der Waals surface area contributed by atoms with Gasteiger partial charge in [0.1, 0.15) is 17.1 Å². The van der Waals surface area contributed by atoms with E-state index in [2.05, 4.69) is 77.6 Å². The molecule has 0 saturated heterocycles. The number of nitrogens with one attached hydrogen (secondary N) is 1. The van der Waals surface area contributed by atoms with Crippen LogP contribution in [-0.4, -0.2) is 59.1 Å². The second kappa shape index (κ2) is 20.5. The van der Waals surface area contributed by atoms with E-state index in [-0.39, 0.29) is 5.56 Å². The largest absolute Gasteiger partial charge is 0.294 e. The summed E-state index contributed by atoms with van der Waals surface area (Å²) < 4.78 is 6.81. The van der Waals surface area contributed by atoms with E-state index in [0.717, 1.165) is 51.2 Å². The van der Waals surface area contributed by atoms with Gasteiger partial charge in [0.15, 0.2) is 0 Å². The fourth-order valence-corrected chi connectivity index (χ4v) is 4.47. The third kappa shape index (κ3) is 11.9. The fourth-order valence-electron chi connectivity index (χ4n) is 4.47. The summed E-state index contributed by atoms with van der Waals surface area (Å²) in [6.07, 6.45) is 10.8. The summed E-state index contributed by atoms with van der Waals surface area (Å²) in [5.74, 6) is 0. The maximum atomic E-state index is 11.1. The zero-order valence-corrected chi connectivity index (χ0v) is 33.6. The van der Waals surface area contributed by atoms with Crippen molar-refractivity contribution in [2.75, 3.05) is 0 Å². The second-order valence-electron chi connectivity index (χ2n) is 11.0. The fraction of sp³-hybridized carbons (Fsp3) is 0.135. The average molecular weight is 921 g/mol. The molecule has 8 heterocycles. The highest BCUT2D eigenvalue weighted by molar-refractivity contribution is 15.0. The van der Waals surface area contributed by atoms with E-state index in [9.17, 15) is 4.79 Å². The lowest BCUT2D eigenvalue weighted by Gasteiger charge is -1.94. The lowest BCUT2D eigenvalue weighted by molar-refractivity contribution is 0.742. The Morgan fingerprint density at radius 1 is 0.519 bits per heavy atom. The summed E-state index contributed by atoms with van der Waals surface area (Å²) in [5, 5.41) is 15.7. The van der Waals surface area contributed by atoms with Gasteiger partial charge in [0.25, 0.3) is 5.56 Å². The smallest absolute Gasteiger partial charge is 0.266 e. The SMILES string of the molecule is Cc1cc(-c2ccccn2)nn1C.Cn1[nH]c(-c2ccccn2)cc1=O.Cn1ccc(-c2ccccn2)n1.Cn1ccc(-c2ccccn2)n1.II. The molecule has 8 aromatic rings. The number of rotatable bonds is 4. The van der Waals surface area contributed by atoms with E-state index < -0.39 is 0 Å². The van der Waals surface area contributed by atoms with Crippen LogP contribution in [0.15, 0.2) is 139 Å². The van der Waals surface area contributed by atoms with Crippen molar-refractivity contribution < 1.29 is 0 Å². The molecule has 15 heteroatoms. The Balaban J connectivity index is 0.000000153. The number of nitrogens with zero attached hydrogens (tertiary/aromatic N) is 11. The number of pyridine rings is 4. The predicted molar refractivity (Wildman–Crippen MR) is 221 cm³/mol. The molecular weight excluding hydrogens is 882 g/mol. The molecule has 1 N–H and O–H groups in total. The maximum absolute atomic E-state index is 11.1. The van der Waals surface area contributed by atoms with E-state index in [4.69, 9.17) is 0 Å². The number of hydrogen-bond acceptors (Lipinski definition) is 8. The third-order valence-electron chi connectivity index (χ3n) is 7.15. The first-order valence-corrected chi connectivity index (χ1v) is 22.1. The summed E-state index contributed by atoms with van der Waals surface area (Å²) in [4.78, 5) is 27.8. The molecule has 0 fully saturated rings. The average Bonchev–Trinajstić information content (AvgIpc) is 3.99. The Labute approximate surface area is 325 Å². The Morgan fingerprint density at radius 2 is 0.942 bits per heavy atom. The van der Waals surface area contributed by atoms with Crippen molar-refractivity contribution in [2.45, 2.75) is 6.92 Å². The molecule has 0 amide bonds. The highest BCUT2D eigenvalue weighted by Gasteiger charge is 2.04. The molecule has 0 radical (unpaired) electrons. The monoisotopic (exact) mass is 920 g/mol. The van der Waals surface area contributed by atoms with Crippen LogP contribution in [0.3, 0.4) is 0 Å². The van der Waals surface area contributed by atoms with E-state index in [1.165, 1.54) is 10.7 Å². The summed E-state index contributed by atoms with van der Waals surface area (Å²) >= 11 is 4.24. The molecule has 266 valence electrons. The Bertz CT molecular complexity index is 2150. The van der Waals surface area contributed by atoms with E-state index >= 15 is 0 Å². The molecule has 8 aromatic heterocycles. The van der Waals surface area contributed by atoms with Gasteiger partial charge < -0.3 is 0 Å². The van der Waals surface area contributed by atoms with Crippen LogP contribution in [0.4, 0.5) is 0 Å². The van der Waals surface area contributed by atoms with Gasteiger partial charge in [0.05, 0.1) is 28.5 Å². The topological polar surface area (TPSA) is 143 Å². The number of aryl methyl sites for hydroxylation is 5. The molecule has 8 rings (SSSR count). The van der Waals surface area contributed by atoms with Gasteiger partial charge in [-0.05, 0) is 73.7 Å². The summed E-state index contributed by atoms with van der Waals surface area (Å²) in [6.45, 7) is 2.03. The van der Waals surface area contributed by atoms with Gasteiger partial charge in [-0.15, -0.1) is 0 Å². The van der Waals surface area contributed by atoms with Crippen molar-refractivity contribution in [3.8, 4) is 45.6 Å². The minimum absolute atomic E-state index is 0.0550. The van der Waals surface area contributed by atoms with Gasteiger partial charge in [-0.2, -0.15) is 15.3 Å². The van der Waals surface area contributed by atoms with E-state index in [1.54, 1.807) is 41.2 Å². The van der Waals surface area contributed by atoms with Gasteiger partial charge in [-0.25, -0.2) is 0 Å². The van der Waals surface area contributed by atoms with E-state index in [0.29, 0.717) is 0 Å². The number of halogens is 2. The number of hydrogen-bond donors (Lipinski definition) is 1. The molecule has 0 saturated carbocycles. The Kier molecular flexibility index (Phi) is 15.6. The zero-order chi connectivity index (χ0) is 37.3. The molecule has 0 aromatic carbocycles. The van der Waals surface area contributed by atoms with Gasteiger partial charge >= 0.3 is 0 Å². The van der Waals surface area contributed by atoms with Gasteiger partial charge in [0.2, 0.25) is 0 Å². The van der Waals surface area contributed by atoms with Crippen LogP contribution >= 0.6 is 37.2 Å². The lowest BCUT2D eigenvalue weighted by atomic mass is 10.2. The first kappa shape index (κ1) is 39.5. The molecule has 52 heavy (non-hydrogen) atoms. The quantitative estimate of drug-likeness (QED) is 0.181. The first-order chi connectivity index (χ1) is 25.3. The van der Waals surface area contributed by atoms with E-state index in [1.807, 2.05) is 136 Å². The van der Waals surface area contributed by atoms with Crippen LogP contribution in [0, 0.1) is 6.92 Å².